The van der Waals surface area contributed by atoms with Crippen molar-refractivity contribution in [2.24, 2.45) is 7.05 Å². The third-order valence-electron chi connectivity index (χ3n) is 8.36. The number of benzene rings is 2. The summed E-state index contributed by atoms with van der Waals surface area (Å²) >= 11 is 0. The van der Waals surface area contributed by atoms with Gasteiger partial charge in [0.25, 0.3) is 5.56 Å². The fourth-order valence-electron chi connectivity index (χ4n) is 5.83. The number of nitrogens with zero attached hydrogens (tertiary/aromatic N) is 7. The number of carbonyl (C=O) groups is 2. The molecule has 0 unspecified atom stereocenters. The number of rotatable bonds is 9. The zero-order chi connectivity index (χ0) is 31.8. The van der Waals surface area contributed by atoms with Crippen LogP contribution < -0.4 is 25.6 Å². The second kappa shape index (κ2) is 12.1. The number of piperazine rings is 1. The molecule has 2 aliphatic rings. The minimum atomic E-state index is -3.06. The summed E-state index contributed by atoms with van der Waals surface area (Å²) in [5, 5.41) is 14.4. The highest BCUT2D eigenvalue weighted by Gasteiger charge is 2.36. The topological polar surface area (TPSA) is 141 Å². The molecule has 3 amide bonds. The van der Waals surface area contributed by atoms with Gasteiger partial charge in [-0.15, -0.1) is 0 Å². The summed E-state index contributed by atoms with van der Waals surface area (Å²) in [4.78, 5) is 50.2. The van der Waals surface area contributed by atoms with Gasteiger partial charge in [0.1, 0.15) is 11.8 Å². The average molecular weight is 622 g/mol. The molecule has 2 aliphatic heterocycles. The summed E-state index contributed by atoms with van der Waals surface area (Å²) in [6.45, 7) is -0.437. The molecule has 4 aromatic rings. The van der Waals surface area contributed by atoms with Gasteiger partial charge in [-0.3, -0.25) is 14.2 Å². The number of aromatic nitrogens is 4. The second-order valence-electron chi connectivity index (χ2n) is 11.1. The van der Waals surface area contributed by atoms with E-state index in [1.807, 2.05) is 15.9 Å². The van der Waals surface area contributed by atoms with Crippen molar-refractivity contribution >= 4 is 29.0 Å². The van der Waals surface area contributed by atoms with E-state index in [-0.39, 0.29) is 36.5 Å². The maximum absolute atomic E-state index is 13.3. The Morgan fingerprint density at radius 2 is 1.91 bits per heavy atom. The van der Waals surface area contributed by atoms with Gasteiger partial charge in [0.15, 0.2) is 0 Å². The number of hydrogen-bond acceptors (Lipinski definition) is 8. The molecule has 45 heavy (non-hydrogen) atoms. The summed E-state index contributed by atoms with van der Waals surface area (Å²) in [5.41, 5.74) is 2.89. The highest BCUT2D eigenvalue weighted by atomic mass is 19.3. The number of fused-ring (bicyclic) bond motifs is 2. The highest BCUT2D eigenvalue weighted by molar-refractivity contribution is 5.84. The molecule has 0 spiro atoms. The lowest BCUT2D eigenvalue weighted by Gasteiger charge is -2.36. The molecule has 1 N–H and O–H groups in total. The summed E-state index contributed by atoms with van der Waals surface area (Å²) in [6, 6.07) is 10.1. The van der Waals surface area contributed by atoms with Crippen molar-refractivity contribution in [3.8, 4) is 16.9 Å². The number of amides is 3. The van der Waals surface area contributed by atoms with Crippen LogP contribution in [0.1, 0.15) is 11.1 Å². The van der Waals surface area contributed by atoms with Crippen LogP contribution in [0.4, 0.5) is 24.3 Å². The minimum absolute atomic E-state index is 0.0326. The fourth-order valence-corrected chi connectivity index (χ4v) is 5.83. The van der Waals surface area contributed by atoms with Crippen molar-refractivity contribution in [2.45, 2.75) is 25.6 Å². The maximum atomic E-state index is 13.3. The number of carboxylic acid groups (broad SMARTS) is 1. The summed E-state index contributed by atoms with van der Waals surface area (Å²) in [6.07, 6.45) is 2.42. The largest absolute Gasteiger partial charge is 0.530 e. The third kappa shape index (κ3) is 5.97. The van der Waals surface area contributed by atoms with E-state index in [4.69, 9.17) is 4.74 Å². The predicted octanol–water partition coefficient (Wildman–Crippen LogP) is 1.48. The van der Waals surface area contributed by atoms with Gasteiger partial charge in [-0.05, 0) is 35.7 Å². The summed E-state index contributed by atoms with van der Waals surface area (Å²) in [7, 11) is 2.99. The summed E-state index contributed by atoms with van der Waals surface area (Å²) < 4.78 is 34.4. The van der Waals surface area contributed by atoms with Crippen LogP contribution in [0.5, 0.6) is 5.75 Å². The van der Waals surface area contributed by atoms with Crippen LogP contribution in [0, 0.1) is 0 Å². The Morgan fingerprint density at radius 3 is 2.64 bits per heavy atom. The number of hydrogen-bond donors (Lipinski definition) is 1. The van der Waals surface area contributed by atoms with Crippen LogP contribution in [0.15, 0.2) is 53.6 Å². The van der Waals surface area contributed by atoms with Gasteiger partial charge in [-0.1, -0.05) is 18.2 Å². The normalized spacial score (nSPS) is 16.3. The summed E-state index contributed by atoms with van der Waals surface area (Å²) in [5.74, 6) is 0.516. The van der Waals surface area contributed by atoms with Gasteiger partial charge in [0, 0.05) is 70.3 Å². The van der Waals surface area contributed by atoms with Crippen LogP contribution in [0.2, 0.25) is 0 Å². The SMILES string of the molecule is CN(CCc1ccc(OC(F)F)c(Cn2c3cc(-c4cnc(N5CCN6C(=O)NC[C@@H]6C5)nc4)ccc3c(=O)n2C)c1)C(=O)[O-]. The quantitative estimate of drug-likeness (QED) is 0.297. The smallest absolute Gasteiger partial charge is 0.387 e. The van der Waals surface area contributed by atoms with Crippen LogP contribution in [0.3, 0.4) is 0 Å². The van der Waals surface area contributed by atoms with E-state index < -0.39 is 12.7 Å². The van der Waals surface area contributed by atoms with Crippen LogP contribution in [0.25, 0.3) is 22.0 Å². The van der Waals surface area contributed by atoms with Gasteiger partial charge >= 0.3 is 12.6 Å². The zero-order valence-electron chi connectivity index (χ0n) is 24.7. The molecular weight excluding hydrogens is 590 g/mol. The first-order chi connectivity index (χ1) is 21.6. The van der Waals surface area contributed by atoms with Gasteiger partial charge in [-0.2, -0.15) is 8.78 Å². The predicted molar refractivity (Wildman–Crippen MR) is 158 cm³/mol. The molecule has 236 valence electrons. The Bertz CT molecular complexity index is 1810. The van der Waals surface area contributed by atoms with Crippen molar-refractivity contribution in [3.63, 3.8) is 0 Å². The van der Waals surface area contributed by atoms with Gasteiger partial charge in [-0.25, -0.2) is 14.8 Å². The molecule has 2 aromatic carbocycles. The highest BCUT2D eigenvalue weighted by Crippen LogP contribution is 2.28. The lowest BCUT2D eigenvalue weighted by molar-refractivity contribution is -0.263. The number of ether oxygens (including phenoxy) is 1. The molecule has 0 aliphatic carbocycles. The first-order valence-electron chi connectivity index (χ1n) is 14.4. The van der Waals surface area contributed by atoms with Crippen molar-refractivity contribution in [3.05, 3.63) is 70.3 Å². The lowest BCUT2D eigenvalue weighted by atomic mass is 10.1. The van der Waals surface area contributed by atoms with E-state index in [0.29, 0.717) is 60.6 Å². The molecule has 0 saturated carbocycles. The zero-order valence-corrected chi connectivity index (χ0v) is 24.7. The van der Waals surface area contributed by atoms with Crippen LogP contribution >= 0.6 is 0 Å². The van der Waals surface area contributed by atoms with Crippen molar-refractivity contribution in [1.29, 1.82) is 0 Å². The van der Waals surface area contributed by atoms with Gasteiger partial charge < -0.3 is 34.7 Å². The second-order valence-corrected chi connectivity index (χ2v) is 11.1. The molecule has 2 saturated heterocycles. The molecule has 1 atom stereocenters. The molecule has 13 nitrogen and oxygen atoms in total. The lowest BCUT2D eigenvalue weighted by Crippen LogP contribution is -2.52. The molecule has 4 heterocycles. The van der Waals surface area contributed by atoms with E-state index in [1.165, 1.54) is 17.8 Å². The van der Waals surface area contributed by atoms with Crippen molar-refractivity contribution in [1.82, 2.24) is 34.4 Å². The third-order valence-corrected chi connectivity index (χ3v) is 8.36. The monoisotopic (exact) mass is 621 g/mol. The number of carbonyl (C=O) groups excluding carboxylic acids is 2. The van der Waals surface area contributed by atoms with Crippen molar-refractivity contribution in [2.75, 3.05) is 44.7 Å². The molecule has 2 fully saturated rings. The van der Waals surface area contributed by atoms with E-state index in [2.05, 4.69) is 15.3 Å². The van der Waals surface area contributed by atoms with E-state index >= 15 is 0 Å². The van der Waals surface area contributed by atoms with Gasteiger partial charge in [0.05, 0.1) is 23.5 Å². The standard InChI is InChI=1S/C30H32F2N8O5/c1-36(30(43)44)8-7-18-3-6-25(45-27(31)32)20(11-18)16-40-24-12-19(4-5-23(24)26(41)37(40)2)21-13-33-28(34-14-21)38-9-10-39-22(17-38)15-35-29(39)42/h3-6,11-14,22,27H,7-10,15-17H2,1-2H3,(H,35,42)(H,43,44)/p-1/t22-/m1/s1. The molecule has 15 heteroatoms. The van der Waals surface area contributed by atoms with Crippen LogP contribution in [-0.2, 0) is 20.0 Å². The number of anilines is 1. The van der Waals surface area contributed by atoms with E-state index in [1.54, 1.807) is 48.4 Å². The first kappa shape index (κ1) is 29.8. The number of urea groups is 1. The number of halogens is 2. The van der Waals surface area contributed by atoms with Crippen LogP contribution in [-0.4, -0.2) is 93.7 Å². The Kier molecular flexibility index (Phi) is 7.99. The minimum Gasteiger partial charge on any atom is -0.530 e. The first-order valence-corrected chi connectivity index (χ1v) is 14.4. The van der Waals surface area contributed by atoms with Crippen molar-refractivity contribution < 1.29 is 28.2 Å². The number of likely N-dealkylation sites (N-methyl/N-ethyl adjacent to an activating group) is 1. The fraction of sp³-hybridized carbons (Fsp3) is 0.367. The molecule has 2 aromatic heterocycles. The Labute approximate surface area is 256 Å². The molecule has 0 bridgehead atoms. The van der Waals surface area contributed by atoms with Gasteiger partial charge in [0.2, 0.25) is 5.95 Å². The van der Waals surface area contributed by atoms with E-state index in [0.717, 1.165) is 16.0 Å². The number of alkyl halides is 2. The van der Waals surface area contributed by atoms with E-state index in [9.17, 15) is 28.3 Å². The average Bonchev–Trinajstić information content (AvgIpc) is 3.52. The molecule has 6 rings (SSSR count). The Balaban J connectivity index is 1.28. The maximum Gasteiger partial charge on any atom is 0.387 e. The Hall–Kier alpha value is -5.21. The number of nitrogens with one attached hydrogen (secondary N) is 1. The molecular formula is C30H31F2N8O5-. The molecule has 0 radical (unpaired) electrons. The Morgan fingerprint density at radius 1 is 1.13 bits per heavy atom.